The van der Waals surface area contributed by atoms with E-state index in [1.807, 2.05) is 30.3 Å². The van der Waals surface area contributed by atoms with Crippen molar-refractivity contribution in [2.75, 3.05) is 0 Å². The Morgan fingerprint density at radius 1 is 1.28 bits per heavy atom. The summed E-state index contributed by atoms with van der Waals surface area (Å²) in [6.07, 6.45) is 5.52. The Balaban J connectivity index is 1.84. The van der Waals surface area contributed by atoms with Gasteiger partial charge in [-0.2, -0.15) is 15.0 Å². The van der Waals surface area contributed by atoms with Crippen LogP contribution in [0.1, 0.15) is 31.0 Å². The summed E-state index contributed by atoms with van der Waals surface area (Å²) in [6.45, 7) is 0. The standard InChI is InChI=1S/C13H17N5/c14-16-13(10-5-4-6-10)12-9-15-18(17-12)11-7-2-1-3-8-11/h1-3,7-10,13,16H,4-6,14H2. The number of nitrogens with zero attached hydrogens (tertiary/aromatic N) is 3. The molecule has 1 atom stereocenters. The van der Waals surface area contributed by atoms with E-state index in [9.17, 15) is 0 Å². The molecule has 94 valence electrons. The molecule has 1 unspecified atom stereocenters. The minimum Gasteiger partial charge on any atom is -0.271 e. The zero-order valence-corrected chi connectivity index (χ0v) is 10.2. The van der Waals surface area contributed by atoms with Crippen LogP contribution in [-0.2, 0) is 0 Å². The largest absolute Gasteiger partial charge is 0.271 e. The van der Waals surface area contributed by atoms with Crippen LogP contribution in [0.3, 0.4) is 0 Å². The molecule has 1 saturated carbocycles. The molecule has 0 spiro atoms. The molecule has 0 radical (unpaired) electrons. The van der Waals surface area contributed by atoms with Crippen LogP contribution in [0, 0.1) is 5.92 Å². The Labute approximate surface area is 106 Å². The number of hydrazine groups is 1. The number of rotatable bonds is 4. The topological polar surface area (TPSA) is 68.8 Å². The molecule has 18 heavy (non-hydrogen) atoms. The second kappa shape index (κ2) is 4.88. The highest BCUT2D eigenvalue weighted by atomic mass is 15.5. The van der Waals surface area contributed by atoms with Crippen molar-refractivity contribution < 1.29 is 0 Å². The third-order valence-electron chi connectivity index (χ3n) is 3.62. The van der Waals surface area contributed by atoms with Crippen molar-refractivity contribution in [3.05, 3.63) is 42.2 Å². The molecule has 1 fully saturated rings. The average molecular weight is 243 g/mol. The molecule has 3 rings (SSSR count). The van der Waals surface area contributed by atoms with Crippen LogP contribution in [0.5, 0.6) is 0 Å². The fourth-order valence-electron chi connectivity index (χ4n) is 2.34. The number of hydrogen-bond donors (Lipinski definition) is 2. The number of nitrogens with two attached hydrogens (primary N) is 1. The van der Waals surface area contributed by atoms with Crippen molar-refractivity contribution in [1.82, 2.24) is 20.4 Å². The second-order valence-electron chi connectivity index (χ2n) is 4.73. The molecule has 1 aromatic heterocycles. The first-order chi connectivity index (χ1) is 8.88. The van der Waals surface area contributed by atoms with Gasteiger partial charge in [-0.05, 0) is 30.9 Å². The zero-order valence-electron chi connectivity index (χ0n) is 10.2. The van der Waals surface area contributed by atoms with E-state index in [-0.39, 0.29) is 6.04 Å². The van der Waals surface area contributed by atoms with Crippen molar-refractivity contribution in [1.29, 1.82) is 0 Å². The van der Waals surface area contributed by atoms with Crippen molar-refractivity contribution >= 4 is 0 Å². The van der Waals surface area contributed by atoms with Gasteiger partial charge in [-0.15, -0.1) is 0 Å². The minimum absolute atomic E-state index is 0.121. The van der Waals surface area contributed by atoms with Crippen LogP contribution in [0.2, 0.25) is 0 Å². The first-order valence-electron chi connectivity index (χ1n) is 6.32. The molecule has 0 bridgehead atoms. The van der Waals surface area contributed by atoms with Gasteiger partial charge in [0.1, 0.15) is 5.69 Å². The zero-order chi connectivity index (χ0) is 12.4. The van der Waals surface area contributed by atoms with Crippen LogP contribution in [0.25, 0.3) is 5.69 Å². The van der Waals surface area contributed by atoms with Crippen LogP contribution >= 0.6 is 0 Å². The summed E-state index contributed by atoms with van der Waals surface area (Å²) >= 11 is 0. The number of hydrogen-bond acceptors (Lipinski definition) is 4. The molecular weight excluding hydrogens is 226 g/mol. The molecular formula is C13H17N5. The Bertz CT molecular complexity index is 503. The Hall–Kier alpha value is -1.72. The molecule has 1 aliphatic carbocycles. The van der Waals surface area contributed by atoms with Gasteiger partial charge < -0.3 is 0 Å². The van der Waals surface area contributed by atoms with E-state index in [0.29, 0.717) is 5.92 Å². The summed E-state index contributed by atoms with van der Waals surface area (Å²) in [6, 6.07) is 10.0. The third-order valence-corrected chi connectivity index (χ3v) is 3.62. The predicted octanol–water partition coefficient (Wildman–Crippen LogP) is 1.57. The van der Waals surface area contributed by atoms with E-state index in [4.69, 9.17) is 5.84 Å². The van der Waals surface area contributed by atoms with E-state index in [2.05, 4.69) is 15.6 Å². The lowest BCUT2D eigenvalue weighted by molar-refractivity contribution is 0.228. The highest BCUT2D eigenvalue weighted by Crippen LogP contribution is 2.36. The highest BCUT2D eigenvalue weighted by Gasteiger charge is 2.29. The van der Waals surface area contributed by atoms with E-state index in [1.165, 1.54) is 19.3 Å². The first kappa shape index (κ1) is 11.4. The fourth-order valence-corrected chi connectivity index (χ4v) is 2.34. The molecule has 5 heteroatoms. The van der Waals surface area contributed by atoms with Gasteiger partial charge >= 0.3 is 0 Å². The number of benzene rings is 1. The van der Waals surface area contributed by atoms with Gasteiger partial charge in [0.15, 0.2) is 0 Å². The van der Waals surface area contributed by atoms with Crippen LogP contribution in [0.4, 0.5) is 0 Å². The van der Waals surface area contributed by atoms with Gasteiger partial charge in [-0.3, -0.25) is 11.3 Å². The second-order valence-corrected chi connectivity index (χ2v) is 4.73. The summed E-state index contributed by atoms with van der Waals surface area (Å²) in [7, 11) is 0. The van der Waals surface area contributed by atoms with E-state index < -0.39 is 0 Å². The highest BCUT2D eigenvalue weighted by molar-refractivity contribution is 5.28. The van der Waals surface area contributed by atoms with E-state index in [1.54, 1.807) is 11.0 Å². The maximum atomic E-state index is 5.64. The number of aromatic nitrogens is 3. The normalized spacial score (nSPS) is 17.4. The molecule has 1 aliphatic rings. The van der Waals surface area contributed by atoms with Crippen molar-refractivity contribution in [2.45, 2.75) is 25.3 Å². The molecule has 0 saturated heterocycles. The molecule has 3 N–H and O–H groups in total. The van der Waals surface area contributed by atoms with Crippen LogP contribution in [-0.4, -0.2) is 15.0 Å². The van der Waals surface area contributed by atoms with Gasteiger partial charge in [0.25, 0.3) is 0 Å². The van der Waals surface area contributed by atoms with Crippen LogP contribution in [0.15, 0.2) is 36.5 Å². The predicted molar refractivity (Wildman–Crippen MR) is 68.8 cm³/mol. The SMILES string of the molecule is NNC(c1cnn(-c2ccccc2)n1)C1CCC1. The molecule has 1 aromatic carbocycles. The Morgan fingerprint density at radius 3 is 2.67 bits per heavy atom. The Kier molecular flexibility index (Phi) is 3.08. The molecule has 1 heterocycles. The summed E-state index contributed by atoms with van der Waals surface area (Å²) in [4.78, 5) is 1.65. The summed E-state index contributed by atoms with van der Waals surface area (Å²) in [5.74, 6) is 6.23. The molecule has 0 amide bonds. The number of para-hydroxylation sites is 1. The van der Waals surface area contributed by atoms with E-state index >= 15 is 0 Å². The van der Waals surface area contributed by atoms with Gasteiger partial charge in [-0.25, -0.2) is 0 Å². The third kappa shape index (κ3) is 2.02. The maximum absolute atomic E-state index is 5.64. The van der Waals surface area contributed by atoms with Gasteiger partial charge in [0.05, 0.1) is 17.9 Å². The molecule has 0 aliphatic heterocycles. The van der Waals surface area contributed by atoms with Gasteiger partial charge in [-0.1, -0.05) is 24.6 Å². The van der Waals surface area contributed by atoms with Crippen LogP contribution < -0.4 is 11.3 Å². The fraction of sp³-hybridized carbons (Fsp3) is 0.385. The molecule has 2 aromatic rings. The number of nitrogens with one attached hydrogen (secondary N) is 1. The lowest BCUT2D eigenvalue weighted by Crippen LogP contribution is -2.36. The van der Waals surface area contributed by atoms with Crippen molar-refractivity contribution in [3.8, 4) is 5.69 Å². The average Bonchev–Trinajstić information content (AvgIpc) is 2.84. The summed E-state index contributed by atoms with van der Waals surface area (Å²) in [5.41, 5.74) is 4.76. The minimum atomic E-state index is 0.121. The summed E-state index contributed by atoms with van der Waals surface area (Å²) < 4.78 is 0. The lowest BCUT2D eigenvalue weighted by Gasteiger charge is -2.31. The summed E-state index contributed by atoms with van der Waals surface area (Å²) in [5, 5.41) is 8.82. The quantitative estimate of drug-likeness (QED) is 0.632. The smallest absolute Gasteiger partial charge is 0.102 e. The molecule has 5 nitrogen and oxygen atoms in total. The van der Waals surface area contributed by atoms with Crippen molar-refractivity contribution in [3.63, 3.8) is 0 Å². The van der Waals surface area contributed by atoms with Crippen molar-refractivity contribution in [2.24, 2.45) is 11.8 Å². The first-order valence-corrected chi connectivity index (χ1v) is 6.32. The van der Waals surface area contributed by atoms with E-state index in [0.717, 1.165) is 11.4 Å². The lowest BCUT2D eigenvalue weighted by atomic mass is 9.79. The van der Waals surface area contributed by atoms with Gasteiger partial charge in [0, 0.05) is 0 Å². The Morgan fingerprint density at radius 2 is 2.06 bits per heavy atom. The monoisotopic (exact) mass is 243 g/mol. The maximum Gasteiger partial charge on any atom is 0.102 e. The van der Waals surface area contributed by atoms with Gasteiger partial charge in [0.2, 0.25) is 0 Å².